The summed E-state index contributed by atoms with van der Waals surface area (Å²) in [7, 11) is 0. The minimum atomic E-state index is -1.36. The van der Waals surface area contributed by atoms with Crippen LogP contribution >= 0.6 is 0 Å². The van der Waals surface area contributed by atoms with E-state index in [0.29, 0.717) is 5.56 Å². The van der Waals surface area contributed by atoms with Gasteiger partial charge in [0.25, 0.3) is 0 Å². The lowest BCUT2D eigenvalue weighted by atomic mass is 10.0. The average Bonchev–Trinajstić information content (AvgIpc) is 2.70. The number of phenols is 1. The molecule has 0 spiro atoms. The summed E-state index contributed by atoms with van der Waals surface area (Å²) in [6.45, 7) is 3.85. The highest BCUT2D eigenvalue weighted by molar-refractivity contribution is 5.94. The first-order valence-electron chi connectivity index (χ1n) is 9.74. The third-order valence-electron chi connectivity index (χ3n) is 4.52. The Bertz CT molecular complexity index is 782. The monoisotopic (exact) mass is 438 g/mol. The van der Waals surface area contributed by atoms with Gasteiger partial charge in [-0.25, -0.2) is 0 Å². The van der Waals surface area contributed by atoms with Gasteiger partial charge in [0.2, 0.25) is 17.7 Å². The van der Waals surface area contributed by atoms with Gasteiger partial charge in [-0.05, 0) is 37.0 Å². The van der Waals surface area contributed by atoms with Crippen molar-refractivity contribution in [3.8, 4) is 5.75 Å². The van der Waals surface area contributed by atoms with Crippen molar-refractivity contribution in [1.29, 1.82) is 0 Å². The number of carbonyl (C=O) groups excluding carboxylic acids is 3. The number of aliphatic hydroxyl groups is 1. The number of nitrogens with one attached hydrogen (secondary N) is 3. The number of carboxylic acids is 1. The summed E-state index contributed by atoms with van der Waals surface area (Å²) in [5, 5.41) is 34.8. The number of aliphatic carboxylic acids is 1. The van der Waals surface area contributed by atoms with Crippen molar-refractivity contribution >= 4 is 23.7 Å². The van der Waals surface area contributed by atoms with Gasteiger partial charge in [0.15, 0.2) is 0 Å². The lowest BCUT2D eigenvalue weighted by molar-refractivity contribution is -0.142. The highest BCUT2D eigenvalue weighted by Crippen LogP contribution is 2.11. The van der Waals surface area contributed by atoms with Gasteiger partial charge < -0.3 is 37.0 Å². The van der Waals surface area contributed by atoms with E-state index in [4.69, 9.17) is 10.8 Å². The SMILES string of the molecule is CC(NC(=O)C(NC(=O)C(CO)NC(=O)C(N)Cc1ccc(O)cc1)C(C)C)C(=O)O. The summed E-state index contributed by atoms with van der Waals surface area (Å²) in [5.41, 5.74) is 6.55. The van der Waals surface area contributed by atoms with Crippen LogP contribution in [0.2, 0.25) is 0 Å². The molecule has 4 atom stereocenters. The van der Waals surface area contributed by atoms with Crippen LogP contribution in [0.25, 0.3) is 0 Å². The van der Waals surface area contributed by atoms with Crippen molar-refractivity contribution in [2.75, 3.05) is 6.61 Å². The number of phenolic OH excluding ortho intramolecular Hbond substituents is 1. The molecule has 1 aromatic rings. The molecule has 4 unspecified atom stereocenters. The Morgan fingerprint density at radius 1 is 0.935 bits per heavy atom. The molecule has 0 aliphatic heterocycles. The summed E-state index contributed by atoms with van der Waals surface area (Å²) in [6, 6.07) is 1.49. The highest BCUT2D eigenvalue weighted by atomic mass is 16.4. The zero-order valence-electron chi connectivity index (χ0n) is 17.7. The third kappa shape index (κ3) is 8.22. The molecule has 0 saturated carbocycles. The molecule has 1 rings (SSSR count). The molecule has 0 saturated heterocycles. The van der Waals surface area contributed by atoms with Crippen molar-refractivity contribution < 1.29 is 34.5 Å². The van der Waals surface area contributed by atoms with Crippen LogP contribution in [-0.2, 0) is 25.6 Å². The second-order valence-electron chi connectivity index (χ2n) is 7.52. The molecule has 11 nitrogen and oxygen atoms in total. The zero-order valence-corrected chi connectivity index (χ0v) is 17.7. The minimum absolute atomic E-state index is 0.0697. The van der Waals surface area contributed by atoms with Crippen molar-refractivity contribution in [2.45, 2.75) is 51.4 Å². The fourth-order valence-electron chi connectivity index (χ4n) is 2.61. The Kier molecular flexibility index (Phi) is 9.90. The predicted molar refractivity (Wildman–Crippen MR) is 111 cm³/mol. The molecule has 0 radical (unpaired) electrons. The number of nitrogens with two attached hydrogens (primary N) is 1. The zero-order chi connectivity index (χ0) is 23.7. The molecule has 0 heterocycles. The van der Waals surface area contributed by atoms with Crippen LogP contribution in [0.5, 0.6) is 5.75 Å². The van der Waals surface area contributed by atoms with Crippen LogP contribution in [0.4, 0.5) is 0 Å². The maximum atomic E-state index is 12.5. The Balaban J connectivity index is 2.74. The molecular formula is C20H30N4O7. The molecule has 11 heteroatoms. The molecule has 8 N–H and O–H groups in total. The highest BCUT2D eigenvalue weighted by Gasteiger charge is 2.30. The number of hydrogen-bond acceptors (Lipinski definition) is 7. The lowest BCUT2D eigenvalue weighted by Crippen LogP contribution is -2.59. The van der Waals surface area contributed by atoms with E-state index in [9.17, 15) is 29.4 Å². The standard InChI is InChI=1S/C20H30N4O7/c1-10(2)16(19(29)22-11(3)20(30)31)24-18(28)15(9-25)23-17(27)14(21)8-12-4-6-13(26)7-5-12/h4-7,10-11,14-16,25-26H,8-9,21H2,1-3H3,(H,22,29)(H,23,27)(H,24,28)(H,30,31). The van der Waals surface area contributed by atoms with Crippen LogP contribution in [-0.4, -0.2) is 69.8 Å². The van der Waals surface area contributed by atoms with Crippen molar-refractivity contribution in [1.82, 2.24) is 16.0 Å². The largest absolute Gasteiger partial charge is 0.508 e. The average molecular weight is 438 g/mol. The fourth-order valence-corrected chi connectivity index (χ4v) is 2.61. The first-order valence-corrected chi connectivity index (χ1v) is 9.74. The number of carboxylic acid groups (broad SMARTS) is 1. The molecule has 0 aliphatic rings. The normalized spacial score (nSPS) is 14.8. The summed E-state index contributed by atoms with van der Waals surface area (Å²) < 4.78 is 0. The maximum Gasteiger partial charge on any atom is 0.325 e. The maximum absolute atomic E-state index is 12.5. The lowest BCUT2D eigenvalue weighted by Gasteiger charge is -2.25. The topological polar surface area (TPSA) is 191 Å². The van der Waals surface area contributed by atoms with Crippen LogP contribution < -0.4 is 21.7 Å². The van der Waals surface area contributed by atoms with Gasteiger partial charge in [-0.1, -0.05) is 26.0 Å². The molecular weight excluding hydrogens is 408 g/mol. The van der Waals surface area contributed by atoms with E-state index in [1.54, 1.807) is 26.0 Å². The first kappa shape index (κ1) is 25.9. The van der Waals surface area contributed by atoms with Gasteiger partial charge in [-0.3, -0.25) is 19.2 Å². The summed E-state index contributed by atoms with van der Waals surface area (Å²) in [6.07, 6.45) is 0.135. The molecule has 0 fully saturated rings. The van der Waals surface area contributed by atoms with E-state index in [2.05, 4.69) is 16.0 Å². The van der Waals surface area contributed by atoms with E-state index < -0.39 is 60.4 Å². The number of hydrogen-bond donors (Lipinski definition) is 7. The number of aliphatic hydroxyl groups excluding tert-OH is 1. The van der Waals surface area contributed by atoms with Crippen molar-refractivity contribution in [3.63, 3.8) is 0 Å². The van der Waals surface area contributed by atoms with Crippen LogP contribution in [0.3, 0.4) is 0 Å². The molecule has 172 valence electrons. The Labute approximate surface area is 180 Å². The molecule has 0 aliphatic carbocycles. The fraction of sp³-hybridized carbons (Fsp3) is 0.500. The molecule has 3 amide bonds. The van der Waals surface area contributed by atoms with Gasteiger partial charge in [0, 0.05) is 0 Å². The van der Waals surface area contributed by atoms with Crippen LogP contribution in [0, 0.1) is 5.92 Å². The number of carbonyl (C=O) groups is 4. The van der Waals surface area contributed by atoms with E-state index in [1.165, 1.54) is 19.1 Å². The summed E-state index contributed by atoms with van der Waals surface area (Å²) in [5.74, 6) is -3.76. The molecule has 1 aromatic carbocycles. The van der Waals surface area contributed by atoms with E-state index in [1.807, 2.05) is 0 Å². The third-order valence-corrected chi connectivity index (χ3v) is 4.52. The van der Waals surface area contributed by atoms with Gasteiger partial charge in [0.1, 0.15) is 23.9 Å². The number of rotatable bonds is 11. The second-order valence-corrected chi connectivity index (χ2v) is 7.52. The molecule has 31 heavy (non-hydrogen) atoms. The Hall–Kier alpha value is -3.18. The van der Waals surface area contributed by atoms with Crippen molar-refractivity contribution in [3.05, 3.63) is 29.8 Å². The second kappa shape index (κ2) is 11.9. The quantitative estimate of drug-likeness (QED) is 0.216. The number of amides is 3. The van der Waals surface area contributed by atoms with E-state index in [0.717, 1.165) is 0 Å². The smallest absolute Gasteiger partial charge is 0.325 e. The Morgan fingerprint density at radius 3 is 2.00 bits per heavy atom. The Morgan fingerprint density at radius 2 is 1.52 bits per heavy atom. The van der Waals surface area contributed by atoms with Gasteiger partial charge in [-0.15, -0.1) is 0 Å². The molecule has 0 bridgehead atoms. The first-order chi connectivity index (χ1) is 14.5. The predicted octanol–water partition coefficient (Wildman–Crippen LogP) is -1.53. The van der Waals surface area contributed by atoms with E-state index >= 15 is 0 Å². The minimum Gasteiger partial charge on any atom is -0.508 e. The van der Waals surface area contributed by atoms with Crippen LogP contribution in [0.1, 0.15) is 26.3 Å². The van der Waals surface area contributed by atoms with Gasteiger partial charge in [0.05, 0.1) is 12.6 Å². The van der Waals surface area contributed by atoms with E-state index in [-0.39, 0.29) is 12.2 Å². The summed E-state index contributed by atoms with van der Waals surface area (Å²) >= 11 is 0. The molecule has 0 aromatic heterocycles. The van der Waals surface area contributed by atoms with Crippen LogP contribution in [0.15, 0.2) is 24.3 Å². The van der Waals surface area contributed by atoms with Crippen molar-refractivity contribution in [2.24, 2.45) is 11.7 Å². The van der Waals surface area contributed by atoms with Gasteiger partial charge >= 0.3 is 5.97 Å². The van der Waals surface area contributed by atoms with Gasteiger partial charge in [-0.2, -0.15) is 0 Å². The number of aromatic hydroxyl groups is 1. The number of benzene rings is 1. The summed E-state index contributed by atoms with van der Waals surface area (Å²) in [4.78, 5) is 48.1.